The summed E-state index contributed by atoms with van der Waals surface area (Å²) < 4.78 is 0. The third-order valence-electron chi connectivity index (χ3n) is 6.36. The zero-order valence-corrected chi connectivity index (χ0v) is 22.0. The van der Waals surface area contributed by atoms with Gasteiger partial charge >= 0.3 is 0 Å². The van der Waals surface area contributed by atoms with E-state index in [4.69, 9.17) is 0 Å². The molecule has 1 atom stereocenters. The average Bonchev–Trinajstić information content (AvgIpc) is 2.66. The molecule has 0 aliphatic carbocycles. The molecule has 28 heavy (non-hydrogen) atoms. The van der Waals surface area contributed by atoms with Gasteiger partial charge in [-0.3, -0.25) is 0 Å². The largest absolute Gasteiger partial charge is 0.307 e. The number of unbranched alkanes of at least 4 members (excludes halogenated alkanes) is 19. The van der Waals surface area contributed by atoms with Crippen LogP contribution in [0.3, 0.4) is 0 Å². The third-order valence-corrected chi connectivity index (χ3v) is 6.36. The maximum Gasteiger partial charge on any atom is 0.00608 e. The van der Waals surface area contributed by atoms with Crippen LogP contribution in [0.5, 0.6) is 0 Å². The number of rotatable bonds is 22. The summed E-state index contributed by atoms with van der Waals surface area (Å²) >= 11 is 0. The van der Waals surface area contributed by atoms with Gasteiger partial charge in [0.15, 0.2) is 0 Å². The van der Waals surface area contributed by atoms with E-state index in [-0.39, 0.29) is 17.0 Å². The fraction of sp³-hybridized carbons (Fsp3) is 1.00. The number of hydrogen-bond acceptors (Lipinski definition) is 1. The molecule has 0 rings (SSSR count). The van der Waals surface area contributed by atoms with Gasteiger partial charge in [-0.25, -0.2) is 0 Å². The molecule has 0 saturated heterocycles. The molecule has 0 aliphatic rings. The molecule has 0 saturated carbocycles. The molecule has 1 unspecified atom stereocenters. The van der Waals surface area contributed by atoms with Gasteiger partial charge < -0.3 is 4.90 Å². The Hall–Kier alpha value is 0.440. The average molecular weight is 463 g/mol. The second kappa shape index (κ2) is 25.5. The first-order valence-electron chi connectivity index (χ1n) is 12.8. The molecule has 1 nitrogen and oxygen atoms in total. The smallest absolute Gasteiger partial charge is 0.00608 e. The van der Waals surface area contributed by atoms with Crippen LogP contribution in [0.25, 0.3) is 0 Å². The van der Waals surface area contributed by atoms with Gasteiger partial charge in [0.25, 0.3) is 0 Å². The Kier molecular flexibility index (Phi) is 27.9. The summed E-state index contributed by atoms with van der Waals surface area (Å²) in [5.74, 6) is 0. The Morgan fingerprint density at radius 2 is 0.714 bits per heavy atom. The summed E-state index contributed by atoms with van der Waals surface area (Å²) in [4.78, 5) is 2.34. The Bertz CT molecular complexity index is 267. The molecule has 0 spiro atoms. The zero-order chi connectivity index (χ0) is 20.0. The van der Waals surface area contributed by atoms with Gasteiger partial charge in [-0.05, 0) is 27.4 Å². The van der Waals surface area contributed by atoms with Crippen LogP contribution < -0.4 is 0 Å². The van der Waals surface area contributed by atoms with Gasteiger partial charge in [-0.1, -0.05) is 135 Å². The summed E-state index contributed by atoms with van der Waals surface area (Å²) in [7, 11) is 4.39. The molecule has 0 heterocycles. The van der Waals surface area contributed by atoms with Crippen molar-refractivity contribution in [1.29, 1.82) is 0 Å². The highest BCUT2D eigenvalue weighted by Gasteiger charge is 2.03. The topological polar surface area (TPSA) is 3.24 Å². The van der Waals surface area contributed by atoms with Gasteiger partial charge in [-0.15, -0.1) is 17.0 Å². The van der Waals surface area contributed by atoms with Gasteiger partial charge in [0.1, 0.15) is 0 Å². The minimum Gasteiger partial charge on any atom is -0.307 e. The lowest BCUT2D eigenvalue weighted by Gasteiger charge is -2.19. The Morgan fingerprint density at radius 1 is 0.464 bits per heavy atom. The van der Waals surface area contributed by atoms with Crippen molar-refractivity contribution < 1.29 is 0 Å². The summed E-state index contributed by atoms with van der Waals surface area (Å²) in [6.45, 7) is 4.64. The van der Waals surface area contributed by atoms with Crippen LogP contribution in [0.2, 0.25) is 0 Å². The lowest BCUT2D eigenvalue weighted by atomic mass is 10.0. The van der Waals surface area contributed by atoms with Crippen LogP contribution in [-0.4, -0.2) is 25.0 Å². The molecule has 0 radical (unpaired) electrons. The van der Waals surface area contributed by atoms with Gasteiger partial charge in [0, 0.05) is 6.04 Å². The lowest BCUT2D eigenvalue weighted by molar-refractivity contribution is 0.291. The van der Waals surface area contributed by atoms with Crippen LogP contribution in [-0.2, 0) is 0 Å². The normalized spacial score (nSPS) is 12.3. The van der Waals surface area contributed by atoms with Crippen molar-refractivity contribution >= 4 is 17.0 Å². The lowest BCUT2D eigenvalue weighted by Crippen LogP contribution is -2.24. The van der Waals surface area contributed by atoms with Crippen LogP contribution in [0.15, 0.2) is 0 Å². The molecular weight excluding hydrogens is 406 g/mol. The van der Waals surface area contributed by atoms with Crippen molar-refractivity contribution in [3.05, 3.63) is 0 Å². The SMILES string of the molecule is Br.CCCCCCCCCCCCCCCCCCCCCCC(C)N(C)C. The highest BCUT2D eigenvalue weighted by molar-refractivity contribution is 8.93. The molecule has 0 aromatic heterocycles. The first-order valence-corrected chi connectivity index (χ1v) is 12.8. The van der Waals surface area contributed by atoms with Crippen molar-refractivity contribution in [3.8, 4) is 0 Å². The number of nitrogens with zero attached hydrogens (tertiary/aromatic N) is 1. The molecule has 0 aromatic carbocycles. The number of hydrogen-bond donors (Lipinski definition) is 0. The van der Waals surface area contributed by atoms with E-state index in [1.807, 2.05) is 0 Å². The van der Waals surface area contributed by atoms with Crippen molar-refractivity contribution in [2.45, 2.75) is 155 Å². The molecule has 0 N–H and O–H groups in total. The van der Waals surface area contributed by atoms with Crippen molar-refractivity contribution in [2.75, 3.05) is 14.1 Å². The van der Waals surface area contributed by atoms with Crippen molar-refractivity contribution in [2.24, 2.45) is 0 Å². The molecule has 0 amide bonds. The van der Waals surface area contributed by atoms with Crippen LogP contribution in [0, 0.1) is 0 Å². The fourth-order valence-corrected chi connectivity index (χ4v) is 3.95. The van der Waals surface area contributed by atoms with Crippen molar-refractivity contribution in [1.82, 2.24) is 4.90 Å². The monoisotopic (exact) mass is 461 g/mol. The molecule has 0 fully saturated rings. The fourth-order valence-electron chi connectivity index (χ4n) is 3.95. The van der Waals surface area contributed by atoms with E-state index < -0.39 is 0 Å². The molecule has 172 valence electrons. The van der Waals surface area contributed by atoms with Gasteiger partial charge in [0.05, 0.1) is 0 Å². The summed E-state index contributed by atoms with van der Waals surface area (Å²) in [6.07, 6.45) is 30.7. The summed E-state index contributed by atoms with van der Waals surface area (Å²) in [5, 5.41) is 0. The first-order chi connectivity index (χ1) is 13.2. The zero-order valence-electron chi connectivity index (χ0n) is 20.3. The molecular formula is C26H56BrN. The minimum absolute atomic E-state index is 0. The summed E-state index contributed by atoms with van der Waals surface area (Å²) in [5.41, 5.74) is 0. The molecule has 2 heteroatoms. The molecule has 0 aliphatic heterocycles. The Balaban J connectivity index is 0. The Morgan fingerprint density at radius 3 is 0.964 bits per heavy atom. The van der Waals surface area contributed by atoms with E-state index in [2.05, 4.69) is 32.8 Å². The maximum atomic E-state index is 2.34. The standard InChI is InChI=1S/C26H55N.BrH/c1-5-6-7-8-9-10-11-12-13-14-15-16-17-18-19-20-21-22-23-24-25-26(2)27(3)4;/h26H,5-25H2,1-4H3;1H. The van der Waals surface area contributed by atoms with E-state index >= 15 is 0 Å². The van der Waals surface area contributed by atoms with Gasteiger partial charge in [-0.2, -0.15) is 0 Å². The van der Waals surface area contributed by atoms with Crippen molar-refractivity contribution in [3.63, 3.8) is 0 Å². The van der Waals surface area contributed by atoms with Crippen LogP contribution in [0.4, 0.5) is 0 Å². The van der Waals surface area contributed by atoms with Gasteiger partial charge in [0.2, 0.25) is 0 Å². The predicted octanol–water partition coefficient (Wildman–Crippen LogP) is 9.73. The van der Waals surface area contributed by atoms with E-state index in [0.29, 0.717) is 0 Å². The third kappa shape index (κ3) is 24.5. The predicted molar refractivity (Wildman–Crippen MR) is 136 cm³/mol. The molecule has 0 aromatic rings. The van der Waals surface area contributed by atoms with E-state index in [1.165, 1.54) is 135 Å². The van der Waals surface area contributed by atoms with Crippen LogP contribution >= 0.6 is 17.0 Å². The second-order valence-electron chi connectivity index (χ2n) is 9.32. The highest BCUT2D eigenvalue weighted by Crippen LogP contribution is 2.15. The quantitative estimate of drug-likeness (QED) is 0.145. The second-order valence-corrected chi connectivity index (χ2v) is 9.32. The number of halogens is 1. The summed E-state index contributed by atoms with van der Waals surface area (Å²) in [6, 6.07) is 0.751. The van der Waals surface area contributed by atoms with E-state index in [9.17, 15) is 0 Å². The highest BCUT2D eigenvalue weighted by atomic mass is 79.9. The minimum atomic E-state index is 0. The van der Waals surface area contributed by atoms with E-state index in [0.717, 1.165) is 6.04 Å². The maximum absolute atomic E-state index is 2.34. The van der Waals surface area contributed by atoms with Crippen LogP contribution in [0.1, 0.15) is 149 Å². The van der Waals surface area contributed by atoms with E-state index in [1.54, 1.807) is 0 Å². The first kappa shape index (κ1) is 30.6. The Labute approximate surface area is 190 Å². The molecule has 0 bridgehead atoms.